The maximum atomic E-state index is 14.0. The average molecular weight is 552 g/mol. The van der Waals surface area contributed by atoms with Gasteiger partial charge in [0.25, 0.3) is 5.91 Å². The minimum Gasteiger partial charge on any atom is -0.279 e. The molecule has 6 rings (SSSR count). The number of likely N-dealkylation sites (N-methyl/N-ethyl adjacent to an activating group) is 1. The third-order valence-corrected chi connectivity index (χ3v) is 11.6. The first kappa shape index (κ1) is 25.6. The Morgan fingerprint density at radius 2 is 1.15 bits per heavy atom. The van der Waals surface area contributed by atoms with Crippen molar-refractivity contribution >= 4 is 46.0 Å². The molecule has 1 saturated heterocycles. The molecule has 2 N–H and O–H groups in total. The van der Waals surface area contributed by atoms with Gasteiger partial charge >= 0.3 is 6.03 Å². The zero-order valence-corrected chi connectivity index (χ0v) is 23.7. The molecule has 4 atom stereocenters. The molecule has 0 aliphatic carbocycles. The van der Waals surface area contributed by atoms with Crippen molar-refractivity contribution in [1.29, 1.82) is 0 Å². The number of aliphatic imine (C=N–C) groups is 1. The van der Waals surface area contributed by atoms with Crippen molar-refractivity contribution in [3.63, 3.8) is 0 Å². The van der Waals surface area contributed by atoms with E-state index < -0.39 is 16.7 Å². The highest BCUT2D eigenvalue weighted by atomic mass is 31.1. The number of quaternary nitrogens is 1. The summed E-state index contributed by atoms with van der Waals surface area (Å²) in [5.41, 5.74) is 4.32. The number of benzene rings is 4. The number of imide groups is 1. The number of hydrogen-bond acceptors (Lipinski definition) is 3. The molecule has 39 heavy (non-hydrogen) atoms. The molecule has 8 heteroatoms. The predicted octanol–water partition coefficient (Wildman–Crippen LogP) is 4.64. The number of nitrogens with one attached hydrogen (secondary N) is 2. The predicted molar refractivity (Wildman–Crippen MR) is 162 cm³/mol. The number of nitrogens with zero attached hydrogens (tertiary/aromatic N) is 2. The molecule has 6 nitrogen and oxygen atoms in total. The summed E-state index contributed by atoms with van der Waals surface area (Å²) in [6, 6.07) is 36.3. The lowest BCUT2D eigenvalue weighted by Gasteiger charge is -2.51. The molecule has 0 aromatic heterocycles. The average Bonchev–Trinajstić information content (AvgIpc) is 3.17. The Balaban J connectivity index is 1.52. The minimum atomic E-state index is -1.22. The van der Waals surface area contributed by atoms with Crippen molar-refractivity contribution < 1.29 is 14.1 Å². The van der Waals surface area contributed by atoms with Crippen LogP contribution in [-0.4, -0.2) is 47.5 Å². The van der Waals surface area contributed by atoms with Crippen LogP contribution in [-0.2, 0) is 4.79 Å². The molecule has 4 aromatic rings. The second-order valence-corrected chi connectivity index (χ2v) is 13.2. The Morgan fingerprint density at radius 3 is 1.72 bits per heavy atom. The van der Waals surface area contributed by atoms with E-state index in [1.165, 1.54) is 0 Å². The summed E-state index contributed by atoms with van der Waals surface area (Å²) < 4.78 is 0.244. The van der Waals surface area contributed by atoms with Crippen molar-refractivity contribution in [1.82, 2.24) is 10.6 Å². The van der Waals surface area contributed by atoms with Crippen LogP contribution in [0.5, 0.6) is 0 Å². The number of urea groups is 1. The van der Waals surface area contributed by atoms with E-state index in [0.717, 1.165) is 32.9 Å². The fraction of sp³-hybridized carbons (Fsp3) is 0.129. The molecule has 4 aromatic carbocycles. The minimum absolute atomic E-state index is 0.0194. The first-order chi connectivity index (χ1) is 18.9. The van der Waals surface area contributed by atoms with Crippen molar-refractivity contribution in [3.05, 3.63) is 109 Å². The molecule has 2 aliphatic rings. The quantitative estimate of drug-likeness (QED) is 0.271. The van der Waals surface area contributed by atoms with Crippen LogP contribution in [0.4, 0.5) is 4.79 Å². The summed E-state index contributed by atoms with van der Waals surface area (Å²) in [4.78, 5) is 32.0. The van der Waals surface area contributed by atoms with Crippen LogP contribution in [0.2, 0.25) is 0 Å². The molecule has 3 amide bonds. The second-order valence-electron chi connectivity index (χ2n) is 10.2. The van der Waals surface area contributed by atoms with Gasteiger partial charge in [0.1, 0.15) is 0 Å². The molecule has 0 bridgehead atoms. The van der Waals surface area contributed by atoms with Gasteiger partial charge in [-0.3, -0.25) is 19.9 Å². The third-order valence-electron chi connectivity index (χ3n) is 7.43. The molecule has 0 saturated carbocycles. The maximum absolute atomic E-state index is 14.0. The van der Waals surface area contributed by atoms with Gasteiger partial charge in [-0.2, -0.15) is 0 Å². The van der Waals surface area contributed by atoms with Crippen LogP contribution in [0.15, 0.2) is 114 Å². The first-order valence-corrected chi connectivity index (χ1v) is 14.7. The molecule has 0 spiro atoms. The lowest BCUT2D eigenvalue weighted by atomic mass is 10.1. The first-order valence-electron chi connectivity index (χ1n) is 12.7. The van der Waals surface area contributed by atoms with Crippen molar-refractivity contribution in [2.45, 2.75) is 10.7 Å². The Bertz CT molecular complexity index is 1590. The summed E-state index contributed by atoms with van der Waals surface area (Å²) in [5, 5.41) is 5.68. The fourth-order valence-corrected chi connectivity index (χ4v) is 9.38. The molecule has 1 fully saturated rings. The third kappa shape index (κ3) is 4.20. The van der Waals surface area contributed by atoms with Gasteiger partial charge in [0.2, 0.25) is 10.7 Å². The summed E-state index contributed by atoms with van der Waals surface area (Å²) in [5.74, 6) is -0.364. The number of fused-ring (bicyclic) bond motifs is 1. The van der Waals surface area contributed by atoms with Gasteiger partial charge in [0.05, 0.1) is 14.1 Å². The van der Waals surface area contributed by atoms with Crippen LogP contribution in [0.1, 0.15) is 0 Å². The standard InChI is InChI=1S/C31H28N4O2P2/c1-35(2)21-32-30(38-26-19-11-9-17-24(26)22-13-5-3-6-14-22)28(36)33-29(37)34-31(30,35)39-27-20-12-10-18-25(27)23-15-7-4-8-16-23/h3-21,38-39H,1-2H3,(H-,33,34,36,37)/p+1. The highest BCUT2D eigenvalue weighted by Gasteiger charge is 2.73. The van der Waals surface area contributed by atoms with Crippen molar-refractivity contribution in [2.75, 3.05) is 14.1 Å². The largest absolute Gasteiger partial charge is 0.326 e. The van der Waals surface area contributed by atoms with E-state index in [0.29, 0.717) is 0 Å². The van der Waals surface area contributed by atoms with Gasteiger partial charge in [-0.1, -0.05) is 109 Å². The normalized spacial score (nSPS) is 23.7. The number of amides is 3. The zero-order chi connectivity index (χ0) is 27.1. The Morgan fingerprint density at radius 1 is 0.667 bits per heavy atom. The molecule has 194 valence electrons. The van der Waals surface area contributed by atoms with Crippen LogP contribution < -0.4 is 21.2 Å². The molecule has 2 aliphatic heterocycles. The van der Waals surface area contributed by atoms with Crippen LogP contribution in [0.25, 0.3) is 22.3 Å². The van der Waals surface area contributed by atoms with Gasteiger partial charge in [-0.05, 0) is 41.4 Å². The summed E-state index contributed by atoms with van der Waals surface area (Å²) in [6.07, 6.45) is 1.82. The highest BCUT2D eigenvalue weighted by molar-refractivity contribution is 7.55. The van der Waals surface area contributed by atoms with Crippen LogP contribution in [0.3, 0.4) is 0 Å². The topological polar surface area (TPSA) is 70.6 Å². The molecular formula is C31H29N4O2P2+. The van der Waals surface area contributed by atoms with E-state index in [4.69, 9.17) is 4.99 Å². The van der Waals surface area contributed by atoms with E-state index in [-0.39, 0.29) is 27.6 Å². The summed E-state index contributed by atoms with van der Waals surface area (Å²) >= 11 is 0. The lowest BCUT2D eigenvalue weighted by Crippen LogP contribution is -2.79. The molecule has 2 heterocycles. The molecule has 0 radical (unpaired) electrons. The van der Waals surface area contributed by atoms with Crippen LogP contribution >= 0.6 is 17.2 Å². The number of carbonyl (C=O) groups excluding carboxylic acids is 2. The van der Waals surface area contributed by atoms with Gasteiger partial charge < -0.3 is 0 Å². The monoisotopic (exact) mass is 551 g/mol. The maximum Gasteiger partial charge on any atom is 0.326 e. The highest BCUT2D eigenvalue weighted by Crippen LogP contribution is 2.58. The van der Waals surface area contributed by atoms with Crippen molar-refractivity contribution in [2.24, 2.45) is 4.99 Å². The van der Waals surface area contributed by atoms with E-state index in [1.807, 2.05) is 81.1 Å². The van der Waals surface area contributed by atoms with Crippen LogP contribution in [0, 0.1) is 0 Å². The summed E-state index contributed by atoms with van der Waals surface area (Å²) in [6.45, 7) is 0. The summed E-state index contributed by atoms with van der Waals surface area (Å²) in [7, 11) is 4.06. The number of hydrogen-bond donors (Lipinski definition) is 2. The van der Waals surface area contributed by atoms with E-state index >= 15 is 0 Å². The lowest BCUT2D eigenvalue weighted by molar-refractivity contribution is -0.830. The Hall–Kier alpha value is -3.69. The SMILES string of the molecule is C[N+]1(C)C=NC2(Pc3ccccc3-c3ccccc3)C(=O)NC(=O)NC21Pc1ccccc1-c1ccccc1. The van der Waals surface area contributed by atoms with E-state index in [2.05, 4.69) is 59.2 Å². The molecular weight excluding hydrogens is 522 g/mol. The number of carbonyl (C=O) groups is 2. The fourth-order valence-electron chi connectivity index (χ4n) is 5.43. The number of rotatable bonds is 6. The zero-order valence-electron chi connectivity index (χ0n) is 21.7. The van der Waals surface area contributed by atoms with Gasteiger partial charge in [-0.25, -0.2) is 9.79 Å². The van der Waals surface area contributed by atoms with Gasteiger partial charge in [0.15, 0.2) is 6.34 Å². The van der Waals surface area contributed by atoms with Crippen molar-refractivity contribution in [3.8, 4) is 22.3 Å². The Kier molecular flexibility index (Phi) is 6.43. The second kappa shape index (κ2) is 9.81. The molecule has 4 unspecified atom stereocenters. The van der Waals surface area contributed by atoms with Gasteiger partial charge in [-0.15, -0.1) is 0 Å². The van der Waals surface area contributed by atoms with Gasteiger partial charge in [0, 0.05) is 8.58 Å². The Labute approximate surface area is 231 Å². The van der Waals surface area contributed by atoms with E-state index in [9.17, 15) is 9.59 Å². The smallest absolute Gasteiger partial charge is 0.279 e. The van der Waals surface area contributed by atoms with E-state index in [1.54, 1.807) is 0 Å².